The zero-order valence-electron chi connectivity index (χ0n) is 16.5. The van der Waals surface area contributed by atoms with E-state index in [2.05, 4.69) is 10.3 Å². The Morgan fingerprint density at radius 3 is 2.30 bits per heavy atom. The monoisotopic (exact) mass is 421 g/mol. The Labute approximate surface area is 170 Å². The van der Waals surface area contributed by atoms with Crippen molar-refractivity contribution in [2.75, 3.05) is 11.9 Å². The van der Waals surface area contributed by atoms with Gasteiger partial charge < -0.3 is 14.6 Å². The first-order valence-corrected chi connectivity index (χ1v) is 9.11. The van der Waals surface area contributed by atoms with E-state index in [1.807, 2.05) is 13.8 Å². The molecule has 0 amide bonds. The van der Waals surface area contributed by atoms with E-state index in [0.29, 0.717) is 18.0 Å². The lowest BCUT2D eigenvalue weighted by atomic mass is 10.1. The highest BCUT2D eigenvalue weighted by atomic mass is 19.2. The molecule has 0 aliphatic carbocycles. The van der Waals surface area contributed by atoms with Crippen molar-refractivity contribution in [3.8, 4) is 5.75 Å². The van der Waals surface area contributed by atoms with Gasteiger partial charge in [-0.15, -0.1) is 0 Å². The van der Waals surface area contributed by atoms with Crippen LogP contribution in [0.4, 0.5) is 29.2 Å². The second-order valence-electron chi connectivity index (χ2n) is 6.71. The topological polar surface area (TPSA) is 56.1 Å². The van der Waals surface area contributed by atoms with Gasteiger partial charge in [-0.25, -0.2) is 13.2 Å². The van der Waals surface area contributed by atoms with Crippen LogP contribution in [0.5, 0.6) is 5.75 Å². The standard InChI is InChI=1S/C21H19F4N3O2/c1-4-30-18-6-11(2)17(5-12(18)3)26-21-27-20(29)16(24)10-28(21)9-13-7-14(22)19(25)15(23)8-13/h5-8,10H,4,9H2,1-3H3,(H,26,27,29). The minimum Gasteiger partial charge on any atom is -0.494 e. The van der Waals surface area contributed by atoms with Gasteiger partial charge in [0.25, 0.3) is 0 Å². The third kappa shape index (κ3) is 4.45. The zero-order chi connectivity index (χ0) is 22.0. The number of nitrogens with zero attached hydrogens (tertiary/aromatic N) is 2. The molecule has 0 bridgehead atoms. The number of halogens is 4. The number of benzene rings is 2. The van der Waals surface area contributed by atoms with Crippen LogP contribution in [0.2, 0.25) is 0 Å². The summed E-state index contributed by atoms with van der Waals surface area (Å²) in [5, 5.41) is 2.95. The van der Waals surface area contributed by atoms with Crippen LogP contribution >= 0.6 is 0 Å². The van der Waals surface area contributed by atoms with Crippen molar-refractivity contribution in [1.82, 2.24) is 9.55 Å². The molecule has 0 unspecified atom stereocenters. The average molecular weight is 421 g/mol. The lowest BCUT2D eigenvalue weighted by Gasteiger charge is -2.17. The van der Waals surface area contributed by atoms with Crippen LogP contribution in [0, 0.1) is 37.1 Å². The maximum absolute atomic E-state index is 13.9. The molecule has 1 heterocycles. The molecule has 3 aromatic rings. The van der Waals surface area contributed by atoms with Gasteiger partial charge in [-0.1, -0.05) is 0 Å². The first-order valence-electron chi connectivity index (χ1n) is 9.11. The van der Waals surface area contributed by atoms with Crippen molar-refractivity contribution >= 4 is 11.6 Å². The highest BCUT2D eigenvalue weighted by Gasteiger charge is 2.15. The van der Waals surface area contributed by atoms with Gasteiger partial charge in [0.05, 0.1) is 13.2 Å². The summed E-state index contributed by atoms with van der Waals surface area (Å²) >= 11 is 0. The predicted molar refractivity (Wildman–Crippen MR) is 104 cm³/mol. The largest absolute Gasteiger partial charge is 0.494 e. The molecule has 1 N–H and O–H groups in total. The maximum atomic E-state index is 13.9. The summed E-state index contributed by atoms with van der Waals surface area (Å²) < 4.78 is 60.9. The summed E-state index contributed by atoms with van der Waals surface area (Å²) in [7, 11) is 0. The van der Waals surface area contributed by atoms with Crippen molar-refractivity contribution in [1.29, 1.82) is 0 Å². The van der Waals surface area contributed by atoms with Crippen molar-refractivity contribution in [2.24, 2.45) is 0 Å². The van der Waals surface area contributed by atoms with Gasteiger partial charge >= 0.3 is 5.56 Å². The lowest BCUT2D eigenvalue weighted by Crippen LogP contribution is -2.20. The molecule has 9 heteroatoms. The van der Waals surface area contributed by atoms with Gasteiger partial charge in [0.2, 0.25) is 11.8 Å². The predicted octanol–water partition coefficient (Wildman–Crippen LogP) is 4.61. The van der Waals surface area contributed by atoms with Crippen LogP contribution in [0.25, 0.3) is 0 Å². The Bertz CT molecular complexity index is 1140. The Morgan fingerprint density at radius 1 is 1.00 bits per heavy atom. The number of hydrogen-bond acceptors (Lipinski definition) is 4. The van der Waals surface area contributed by atoms with E-state index in [0.717, 1.165) is 29.5 Å². The van der Waals surface area contributed by atoms with Gasteiger partial charge in [0.15, 0.2) is 17.5 Å². The highest BCUT2D eigenvalue weighted by molar-refractivity contribution is 5.62. The zero-order valence-corrected chi connectivity index (χ0v) is 16.5. The molecule has 0 radical (unpaired) electrons. The van der Waals surface area contributed by atoms with E-state index in [1.54, 1.807) is 19.1 Å². The molecule has 0 saturated heterocycles. The molecule has 0 aliphatic rings. The van der Waals surface area contributed by atoms with Crippen LogP contribution in [0.15, 0.2) is 35.3 Å². The van der Waals surface area contributed by atoms with Crippen LogP contribution in [0.1, 0.15) is 23.6 Å². The number of nitrogens with one attached hydrogen (secondary N) is 1. The van der Waals surface area contributed by atoms with Crippen molar-refractivity contribution in [3.63, 3.8) is 0 Å². The Balaban J connectivity index is 2.01. The van der Waals surface area contributed by atoms with E-state index < -0.39 is 28.8 Å². The van der Waals surface area contributed by atoms with Gasteiger partial charge in [-0.2, -0.15) is 9.37 Å². The van der Waals surface area contributed by atoms with E-state index in [-0.39, 0.29) is 18.1 Å². The van der Waals surface area contributed by atoms with Gasteiger partial charge in [0.1, 0.15) is 5.75 Å². The quantitative estimate of drug-likeness (QED) is 0.467. The molecule has 3 rings (SSSR count). The Hall–Kier alpha value is -3.36. The molecule has 0 atom stereocenters. The van der Waals surface area contributed by atoms with E-state index >= 15 is 0 Å². The molecule has 158 valence electrons. The average Bonchev–Trinajstić information content (AvgIpc) is 2.67. The summed E-state index contributed by atoms with van der Waals surface area (Å²) in [5.41, 5.74) is 1.11. The highest BCUT2D eigenvalue weighted by Crippen LogP contribution is 2.28. The molecule has 5 nitrogen and oxygen atoms in total. The van der Waals surface area contributed by atoms with Gasteiger partial charge in [-0.05, 0) is 61.7 Å². The normalized spacial score (nSPS) is 10.9. The molecule has 0 fully saturated rings. The fraction of sp³-hybridized carbons (Fsp3) is 0.238. The SMILES string of the molecule is CCOc1cc(C)c(Nc2nc(=O)c(F)cn2Cc2cc(F)c(F)c(F)c2)cc1C. The summed E-state index contributed by atoms with van der Waals surface area (Å²) in [6.07, 6.45) is 0.869. The fourth-order valence-corrected chi connectivity index (χ4v) is 2.94. The van der Waals surface area contributed by atoms with E-state index in [9.17, 15) is 22.4 Å². The van der Waals surface area contributed by atoms with Crippen LogP contribution < -0.4 is 15.6 Å². The molecule has 0 aliphatic heterocycles. The maximum Gasteiger partial charge on any atom is 0.310 e. The minimum atomic E-state index is -1.60. The second-order valence-corrected chi connectivity index (χ2v) is 6.71. The summed E-state index contributed by atoms with van der Waals surface area (Å²) in [6, 6.07) is 5.17. The molecule has 2 aromatic carbocycles. The number of anilines is 2. The van der Waals surface area contributed by atoms with Crippen molar-refractivity contribution < 1.29 is 22.3 Å². The van der Waals surface area contributed by atoms with Crippen LogP contribution in [-0.4, -0.2) is 16.2 Å². The third-order valence-electron chi connectivity index (χ3n) is 4.42. The summed E-state index contributed by atoms with van der Waals surface area (Å²) in [5.74, 6) is -4.82. The first-order chi connectivity index (χ1) is 14.2. The summed E-state index contributed by atoms with van der Waals surface area (Å²) in [6.45, 7) is 5.75. The van der Waals surface area contributed by atoms with E-state index in [1.165, 1.54) is 4.57 Å². The number of hydrogen-bond donors (Lipinski definition) is 1. The smallest absolute Gasteiger partial charge is 0.310 e. The number of aromatic nitrogens is 2. The minimum absolute atomic E-state index is 0.0268. The number of aryl methyl sites for hydroxylation is 2. The van der Waals surface area contributed by atoms with Crippen LogP contribution in [0.3, 0.4) is 0 Å². The molecular formula is C21H19F4N3O2. The van der Waals surface area contributed by atoms with E-state index in [4.69, 9.17) is 4.74 Å². The Kier molecular flexibility index (Phi) is 6.09. The molecular weight excluding hydrogens is 402 g/mol. The molecule has 0 saturated carbocycles. The summed E-state index contributed by atoms with van der Waals surface area (Å²) in [4.78, 5) is 15.4. The van der Waals surface area contributed by atoms with Crippen LogP contribution in [-0.2, 0) is 6.54 Å². The third-order valence-corrected chi connectivity index (χ3v) is 4.42. The van der Waals surface area contributed by atoms with Gasteiger partial charge in [-0.3, -0.25) is 4.79 Å². The lowest BCUT2D eigenvalue weighted by molar-refractivity contribution is 0.337. The molecule has 30 heavy (non-hydrogen) atoms. The first kappa shape index (κ1) is 21.4. The van der Waals surface area contributed by atoms with Crippen molar-refractivity contribution in [2.45, 2.75) is 27.3 Å². The second kappa shape index (κ2) is 8.56. The molecule has 0 spiro atoms. The molecule has 1 aromatic heterocycles. The Morgan fingerprint density at radius 2 is 1.67 bits per heavy atom. The van der Waals surface area contributed by atoms with Crippen molar-refractivity contribution in [3.05, 3.63) is 80.8 Å². The fourth-order valence-electron chi connectivity index (χ4n) is 2.94. The number of ether oxygens (including phenoxy) is 1. The number of rotatable bonds is 6. The van der Waals surface area contributed by atoms with Gasteiger partial charge in [0, 0.05) is 11.9 Å².